The van der Waals surface area contributed by atoms with Crippen molar-refractivity contribution in [1.82, 2.24) is 9.79 Å². The molecule has 0 fully saturated rings. The number of hydrogen-bond donors (Lipinski definition) is 2. The van der Waals surface area contributed by atoms with Crippen molar-refractivity contribution < 1.29 is 29.1 Å². The Bertz CT molecular complexity index is 1370. The van der Waals surface area contributed by atoms with E-state index in [9.17, 15) is 20.0 Å². The molecule has 4 rings (SSSR count). The van der Waals surface area contributed by atoms with E-state index < -0.39 is 34.2 Å². The molecule has 0 aliphatic carbocycles. The van der Waals surface area contributed by atoms with Gasteiger partial charge >= 0.3 is 5.91 Å². The third-order valence-electron chi connectivity index (χ3n) is 6.20. The highest BCUT2D eigenvalue weighted by atomic mass is 19.1. The van der Waals surface area contributed by atoms with E-state index in [2.05, 4.69) is 0 Å². The van der Waals surface area contributed by atoms with E-state index in [4.69, 9.17) is 9.47 Å². The van der Waals surface area contributed by atoms with Crippen LogP contribution in [0, 0.1) is 12.7 Å². The van der Waals surface area contributed by atoms with E-state index >= 15 is 4.39 Å². The molecule has 1 atom stereocenters. The van der Waals surface area contributed by atoms with Crippen LogP contribution in [0.4, 0.5) is 4.39 Å². The maximum atomic E-state index is 15.3. The second kappa shape index (κ2) is 9.07. The summed E-state index contributed by atoms with van der Waals surface area (Å²) in [6.07, 6.45) is -0.222. The fraction of sp³-hybridized carbons (Fsp3) is 0.385. The number of hydroxylamine groups is 2. The first-order chi connectivity index (χ1) is 16.4. The summed E-state index contributed by atoms with van der Waals surface area (Å²) in [6.45, 7) is 7.37. The number of carbonyl (C=O) groups excluding carboxylic acids is 1. The molecule has 186 valence electrons. The van der Waals surface area contributed by atoms with Gasteiger partial charge in [0.25, 0.3) is 5.56 Å². The van der Waals surface area contributed by atoms with Crippen LogP contribution in [-0.4, -0.2) is 38.3 Å². The molecule has 2 N–H and O–H groups in total. The van der Waals surface area contributed by atoms with Gasteiger partial charge in [0.1, 0.15) is 0 Å². The third kappa shape index (κ3) is 4.42. The standard InChI is InChI=1S/C26H29FN2O6/c1-14-15-11-8-12-34-22(15)19(27)13-18(14)20-16-9-6-7-10-17(16)24(30)28(5)21(20)23(25(31)29(32)33)35-26(2,3)4/h6-7,9-10,13,23,32-33H,8,11-12H2,1-5H3/t23-/m0/s1. The van der Waals surface area contributed by atoms with Crippen molar-refractivity contribution in [3.05, 3.63) is 63.3 Å². The topological polar surface area (TPSA) is 101 Å². The zero-order chi connectivity index (χ0) is 25.7. The summed E-state index contributed by atoms with van der Waals surface area (Å²) >= 11 is 0. The van der Waals surface area contributed by atoms with E-state index in [1.807, 2.05) is 6.92 Å². The molecule has 1 aliphatic rings. The van der Waals surface area contributed by atoms with E-state index in [-0.39, 0.29) is 11.4 Å². The van der Waals surface area contributed by atoms with Crippen LogP contribution >= 0.6 is 0 Å². The number of fused-ring (bicyclic) bond motifs is 2. The van der Waals surface area contributed by atoms with Gasteiger partial charge in [0.2, 0.25) is 0 Å². The highest BCUT2D eigenvalue weighted by Crippen LogP contribution is 2.43. The first-order valence-electron chi connectivity index (χ1n) is 11.4. The van der Waals surface area contributed by atoms with Gasteiger partial charge in [-0.05, 0) is 69.2 Å². The number of rotatable bonds is 4. The lowest BCUT2D eigenvalue weighted by atomic mass is 9.87. The molecular weight excluding hydrogens is 455 g/mol. The molecule has 0 radical (unpaired) electrons. The zero-order valence-electron chi connectivity index (χ0n) is 20.4. The molecule has 0 spiro atoms. The van der Waals surface area contributed by atoms with Crippen molar-refractivity contribution in [2.24, 2.45) is 7.05 Å². The van der Waals surface area contributed by atoms with Crippen molar-refractivity contribution in [1.29, 1.82) is 0 Å². The number of pyridine rings is 1. The Morgan fingerprint density at radius 3 is 2.51 bits per heavy atom. The molecule has 2 heterocycles. The normalized spacial score (nSPS) is 14.4. The Morgan fingerprint density at radius 2 is 1.89 bits per heavy atom. The van der Waals surface area contributed by atoms with Crippen molar-refractivity contribution in [2.75, 3.05) is 6.61 Å². The summed E-state index contributed by atoms with van der Waals surface area (Å²) < 4.78 is 28.1. The number of aromatic nitrogens is 1. The van der Waals surface area contributed by atoms with Crippen LogP contribution in [0.2, 0.25) is 0 Å². The molecular formula is C26H29FN2O6. The van der Waals surface area contributed by atoms with Crippen LogP contribution in [0.5, 0.6) is 5.75 Å². The maximum absolute atomic E-state index is 15.3. The number of nitrogens with zero attached hydrogens (tertiary/aromatic N) is 2. The monoisotopic (exact) mass is 484 g/mol. The Labute approximate surface area is 202 Å². The highest BCUT2D eigenvalue weighted by Gasteiger charge is 2.36. The predicted octanol–water partition coefficient (Wildman–Crippen LogP) is 4.44. The Hall–Kier alpha value is -3.27. The lowest BCUT2D eigenvalue weighted by molar-refractivity contribution is -0.294. The largest absolute Gasteiger partial charge is 0.490 e. The number of amides is 1. The van der Waals surface area contributed by atoms with Crippen LogP contribution in [-0.2, 0) is 23.0 Å². The molecule has 0 saturated heterocycles. The molecule has 3 aromatic rings. The summed E-state index contributed by atoms with van der Waals surface area (Å²) in [5.41, 5.74) is 1.11. The van der Waals surface area contributed by atoms with Crippen LogP contribution in [0.15, 0.2) is 35.1 Å². The van der Waals surface area contributed by atoms with E-state index in [1.54, 1.807) is 45.0 Å². The van der Waals surface area contributed by atoms with Gasteiger partial charge in [0, 0.05) is 23.6 Å². The maximum Gasteiger partial charge on any atom is 0.307 e. The number of hydrogen-bond acceptors (Lipinski definition) is 6. The van der Waals surface area contributed by atoms with Crippen molar-refractivity contribution in [3.8, 4) is 16.9 Å². The van der Waals surface area contributed by atoms with Gasteiger partial charge in [-0.15, -0.1) is 0 Å². The quantitative estimate of drug-likeness (QED) is 0.419. The molecule has 35 heavy (non-hydrogen) atoms. The number of halogens is 1. The van der Waals surface area contributed by atoms with Crippen LogP contribution < -0.4 is 10.3 Å². The minimum absolute atomic E-state index is 0.0842. The summed E-state index contributed by atoms with van der Waals surface area (Å²) in [5.74, 6) is -1.52. The van der Waals surface area contributed by atoms with E-state index in [0.717, 1.165) is 17.5 Å². The Balaban J connectivity index is 2.16. The Morgan fingerprint density at radius 1 is 1.23 bits per heavy atom. The van der Waals surface area contributed by atoms with Gasteiger partial charge in [0.05, 0.1) is 17.9 Å². The SMILES string of the molecule is Cc1c(-c2c([C@H](OC(C)(C)C)C(=O)N(O)O)n(C)c(=O)c3ccccc23)cc(F)c2c1CCCO2. The second-order valence-corrected chi connectivity index (χ2v) is 9.70. The minimum atomic E-state index is -1.57. The van der Waals surface area contributed by atoms with Gasteiger partial charge in [-0.1, -0.05) is 23.4 Å². The van der Waals surface area contributed by atoms with Crippen molar-refractivity contribution in [2.45, 2.75) is 52.2 Å². The summed E-state index contributed by atoms with van der Waals surface area (Å²) in [4.78, 5) is 26.3. The molecule has 8 nitrogen and oxygen atoms in total. The minimum Gasteiger partial charge on any atom is -0.490 e. The lowest BCUT2D eigenvalue weighted by Gasteiger charge is -2.31. The summed E-state index contributed by atoms with van der Waals surface area (Å²) in [5, 5.41) is 19.6. The molecule has 1 aliphatic heterocycles. The van der Waals surface area contributed by atoms with Gasteiger partial charge in [-0.3, -0.25) is 20.0 Å². The highest BCUT2D eigenvalue weighted by molar-refractivity contribution is 6.00. The fourth-order valence-corrected chi connectivity index (χ4v) is 4.67. The molecule has 1 aromatic heterocycles. The first-order valence-corrected chi connectivity index (χ1v) is 11.4. The molecule has 1 amide bonds. The number of benzene rings is 2. The van der Waals surface area contributed by atoms with Gasteiger partial charge in [-0.25, -0.2) is 4.39 Å². The van der Waals surface area contributed by atoms with E-state index in [0.29, 0.717) is 34.9 Å². The summed E-state index contributed by atoms with van der Waals surface area (Å²) in [6, 6.07) is 8.18. The van der Waals surface area contributed by atoms with Gasteiger partial charge in [-0.2, -0.15) is 0 Å². The van der Waals surface area contributed by atoms with E-state index in [1.165, 1.54) is 17.7 Å². The first kappa shape index (κ1) is 24.8. The molecule has 2 aromatic carbocycles. The predicted molar refractivity (Wildman–Crippen MR) is 127 cm³/mol. The average molecular weight is 485 g/mol. The molecule has 9 heteroatoms. The molecule has 0 saturated carbocycles. The van der Waals surface area contributed by atoms with Crippen molar-refractivity contribution in [3.63, 3.8) is 0 Å². The molecule has 0 bridgehead atoms. The molecule has 0 unspecified atom stereocenters. The van der Waals surface area contributed by atoms with Crippen LogP contribution in [0.3, 0.4) is 0 Å². The van der Waals surface area contributed by atoms with Gasteiger partial charge < -0.3 is 14.0 Å². The van der Waals surface area contributed by atoms with Crippen LogP contribution in [0.25, 0.3) is 21.9 Å². The fourth-order valence-electron chi connectivity index (χ4n) is 4.67. The third-order valence-corrected chi connectivity index (χ3v) is 6.20. The Kier molecular flexibility index (Phi) is 6.44. The average Bonchev–Trinajstić information content (AvgIpc) is 2.81. The number of ether oxygens (including phenoxy) is 2. The zero-order valence-corrected chi connectivity index (χ0v) is 20.4. The van der Waals surface area contributed by atoms with Crippen molar-refractivity contribution >= 4 is 16.7 Å². The summed E-state index contributed by atoms with van der Waals surface area (Å²) in [7, 11) is 1.48. The van der Waals surface area contributed by atoms with Gasteiger partial charge in [0.15, 0.2) is 17.7 Å². The van der Waals surface area contributed by atoms with Crippen LogP contribution in [0.1, 0.15) is 50.1 Å². The number of carbonyl (C=O) groups is 1. The lowest BCUT2D eigenvalue weighted by Crippen LogP contribution is -2.38. The second-order valence-electron chi connectivity index (χ2n) is 9.70. The smallest absolute Gasteiger partial charge is 0.307 e.